The number of aromatic hydroxyl groups is 1. The lowest BCUT2D eigenvalue weighted by Crippen LogP contribution is -2.60. The van der Waals surface area contributed by atoms with Gasteiger partial charge in [-0.3, -0.25) is 9.59 Å². The molecule has 6 rings (SSSR count). The molecule has 2 saturated heterocycles. The molecule has 0 aromatic heterocycles. The molecule has 0 saturated carbocycles. The van der Waals surface area contributed by atoms with Crippen molar-refractivity contribution in [1.29, 1.82) is 0 Å². The number of phenols is 1. The van der Waals surface area contributed by atoms with Crippen molar-refractivity contribution in [3.63, 3.8) is 0 Å². The third kappa shape index (κ3) is 8.20. The van der Waals surface area contributed by atoms with E-state index in [0.717, 1.165) is 0 Å². The first-order valence-corrected chi connectivity index (χ1v) is 18.5. The number of nitrogens with zero attached hydrogens (tertiary/aromatic N) is 1. The number of hydrogen-bond donors (Lipinski definition) is 5. The minimum atomic E-state index is -4.39. The lowest BCUT2D eigenvalue weighted by molar-refractivity contribution is -0.223. The maximum absolute atomic E-state index is 14.5. The van der Waals surface area contributed by atoms with Gasteiger partial charge in [-0.25, -0.2) is 8.78 Å². The Kier molecular flexibility index (Phi) is 10.9. The number of benzene rings is 3. The highest BCUT2D eigenvalue weighted by molar-refractivity contribution is 7.87. The van der Waals surface area contributed by atoms with Crippen LogP contribution in [0.5, 0.6) is 11.5 Å². The molecule has 2 fully saturated rings. The molecule has 5 N–H and O–H groups in total. The molecule has 8 atom stereocenters. The topological polar surface area (TPSA) is 191 Å². The third-order valence-corrected chi connectivity index (χ3v) is 11.0. The number of alkyl halides is 1. The van der Waals surface area contributed by atoms with Crippen LogP contribution < -0.4 is 4.18 Å². The number of amides is 1. The minimum Gasteiger partial charge on any atom is -0.508 e. The first-order chi connectivity index (χ1) is 25.1. The van der Waals surface area contributed by atoms with Gasteiger partial charge in [0, 0.05) is 29.7 Å². The monoisotopic (exact) mass is 755 g/mol. The Morgan fingerprint density at radius 1 is 0.981 bits per heavy atom. The summed E-state index contributed by atoms with van der Waals surface area (Å²) in [5, 5.41) is 50.8. The maximum atomic E-state index is 14.5. The largest absolute Gasteiger partial charge is 0.508 e. The normalized spacial score (nSPS) is 28.7. The van der Waals surface area contributed by atoms with Gasteiger partial charge in [0.2, 0.25) is 5.91 Å². The highest BCUT2D eigenvalue weighted by Gasteiger charge is 2.50. The van der Waals surface area contributed by atoms with Gasteiger partial charge in [0.1, 0.15) is 59.3 Å². The Balaban J connectivity index is 1.18. The van der Waals surface area contributed by atoms with Crippen molar-refractivity contribution in [2.24, 2.45) is 5.92 Å². The van der Waals surface area contributed by atoms with Crippen molar-refractivity contribution < 1.29 is 61.2 Å². The smallest absolute Gasteiger partial charge is 0.311 e. The van der Waals surface area contributed by atoms with Gasteiger partial charge in [0.05, 0.1) is 18.6 Å². The Morgan fingerprint density at radius 2 is 1.64 bits per heavy atom. The van der Waals surface area contributed by atoms with E-state index in [-0.39, 0.29) is 42.5 Å². The van der Waals surface area contributed by atoms with Crippen LogP contribution in [0.1, 0.15) is 48.1 Å². The fourth-order valence-corrected chi connectivity index (χ4v) is 7.94. The number of aliphatic hydroxyl groups excluding tert-OH is 4. The van der Waals surface area contributed by atoms with Gasteiger partial charge < -0.3 is 39.4 Å². The number of allylic oxidation sites excluding steroid dienone is 3. The van der Waals surface area contributed by atoms with Crippen LogP contribution in [0.2, 0.25) is 0 Å². The summed E-state index contributed by atoms with van der Waals surface area (Å²) in [7, 11) is -4.39. The average molecular weight is 756 g/mol. The van der Waals surface area contributed by atoms with E-state index >= 15 is 0 Å². The molecule has 1 amide bonds. The molecule has 2 aliphatic heterocycles. The molecule has 0 bridgehead atoms. The fourth-order valence-electron chi connectivity index (χ4n) is 6.79. The number of Topliss-reactive ketones (excluding diaryl/α,β-unsaturated/α-hetero) is 1. The predicted molar refractivity (Wildman–Crippen MR) is 186 cm³/mol. The molecule has 0 radical (unpaired) electrons. The summed E-state index contributed by atoms with van der Waals surface area (Å²) in [6.07, 6.45) is -3.20. The summed E-state index contributed by atoms with van der Waals surface area (Å²) in [6, 6.07) is 15.1. The summed E-state index contributed by atoms with van der Waals surface area (Å²) in [5.41, 5.74) is 0.696. The first-order valence-electron chi connectivity index (χ1n) is 16.9. The van der Waals surface area contributed by atoms with Crippen molar-refractivity contribution in [3.8, 4) is 22.6 Å². The highest BCUT2D eigenvalue weighted by Crippen LogP contribution is 2.49. The number of β-lactam (4-membered cyclic amide) rings is 1. The summed E-state index contributed by atoms with van der Waals surface area (Å²) in [4.78, 5) is 27.9. The number of carbonyl (C=O) groups excluding carboxylic acids is 2. The summed E-state index contributed by atoms with van der Waals surface area (Å²) >= 11 is 0. The van der Waals surface area contributed by atoms with E-state index in [9.17, 15) is 52.3 Å². The second-order valence-electron chi connectivity index (χ2n) is 13.6. The van der Waals surface area contributed by atoms with E-state index < -0.39 is 76.4 Å². The van der Waals surface area contributed by atoms with Crippen LogP contribution in [0.3, 0.4) is 0 Å². The number of carbonyl (C=O) groups is 2. The van der Waals surface area contributed by atoms with Crippen LogP contribution in [-0.4, -0.2) is 99.1 Å². The lowest BCUT2D eigenvalue weighted by atomic mass is 9.77. The molecule has 2 unspecified atom stereocenters. The number of phenolic OH excluding ortho intramolecular Hbond substituents is 1. The molecule has 0 spiro atoms. The van der Waals surface area contributed by atoms with Crippen molar-refractivity contribution in [1.82, 2.24) is 4.90 Å². The van der Waals surface area contributed by atoms with Crippen LogP contribution in [0.25, 0.3) is 11.1 Å². The van der Waals surface area contributed by atoms with Gasteiger partial charge in [0.15, 0.2) is 5.78 Å². The molecular formula is C38H39F2NO11S. The van der Waals surface area contributed by atoms with E-state index in [1.54, 1.807) is 30.3 Å². The number of rotatable bonds is 12. The molecule has 3 aliphatic rings. The Labute approximate surface area is 304 Å². The number of likely N-dealkylation sites (tertiary alicyclic amines) is 1. The number of hydrogen-bond acceptors (Lipinski definition) is 11. The van der Waals surface area contributed by atoms with Gasteiger partial charge in [-0.15, -0.1) is 0 Å². The van der Waals surface area contributed by atoms with E-state index in [4.69, 9.17) is 8.92 Å². The SMILES string of the molecule is CC1(F)C=CC(N2C(=O)[C@H](CCC(=O)c3ccc(F)cc3)[C@H]2c2ccc(-c3ccc(OS(=O)(=O)CC4O[C@H](CO)[C@@H](O)[C@H](O)[C@H]4O)cc3)cc2O)=CC1. The summed E-state index contributed by atoms with van der Waals surface area (Å²) < 4.78 is 63.9. The van der Waals surface area contributed by atoms with Gasteiger partial charge in [-0.05, 0) is 79.1 Å². The Bertz CT molecular complexity index is 2020. The van der Waals surface area contributed by atoms with Crippen LogP contribution >= 0.6 is 0 Å². The van der Waals surface area contributed by atoms with Crippen molar-refractivity contribution >= 4 is 21.8 Å². The second-order valence-corrected chi connectivity index (χ2v) is 15.3. The number of ether oxygens (including phenoxy) is 1. The zero-order valence-electron chi connectivity index (χ0n) is 28.5. The molecule has 3 aromatic rings. The number of halogens is 2. The zero-order valence-corrected chi connectivity index (χ0v) is 29.3. The molecule has 15 heteroatoms. The number of aliphatic hydroxyl groups is 4. The molecule has 282 valence electrons. The second kappa shape index (κ2) is 15.1. The quantitative estimate of drug-likeness (QED) is 0.103. The van der Waals surface area contributed by atoms with E-state index in [1.165, 1.54) is 66.4 Å². The zero-order chi connectivity index (χ0) is 38.2. The van der Waals surface area contributed by atoms with Crippen molar-refractivity contribution in [2.75, 3.05) is 12.4 Å². The van der Waals surface area contributed by atoms with Crippen molar-refractivity contribution in [3.05, 3.63) is 108 Å². The van der Waals surface area contributed by atoms with Gasteiger partial charge in [-0.2, -0.15) is 8.42 Å². The van der Waals surface area contributed by atoms with Gasteiger partial charge in [-0.1, -0.05) is 30.3 Å². The molecule has 2 heterocycles. The van der Waals surface area contributed by atoms with Crippen LogP contribution in [-0.2, 0) is 19.6 Å². The highest BCUT2D eigenvalue weighted by atomic mass is 32.2. The van der Waals surface area contributed by atoms with E-state index in [1.807, 2.05) is 0 Å². The van der Waals surface area contributed by atoms with Gasteiger partial charge >= 0.3 is 10.1 Å². The summed E-state index contributed by atoms with van der Waals surface area (Å²) in [6.45, 7) is 0.704. The first kappa shape index (κ1) is 38.2. The van der Waals surface area contributed by atoms with Crippen LogP contribution in [0, 0.1) is 11.7 Å². The number of ketones is 1. The molecule has 1 aliphatic carbocycles. The molecular weight excluding hydrogens is 716 g/mol. The van der Waals surface area contributed by atoms with Crippen LogP contribution in [0.15, 0.2) is 90.7 Å². The minimum absolute atomic E-state index is 0.00464. The molecule has 3 aromatic carbocycles. The Hall–Kier alpha value is -4.51. The average Bonchev–Trinajstić information content (AvgIpc) is 3.12. The van der Waals surface area contributed by atoms with Crippen molar-refractivity contribution in [2.45, 2.75) is 68.4 Å². The maximum Gasteiger partial charge on any atom is 0.311 e. The summed E-state index contributed by atoms with van der Waals surface area (Å²) in [5.74, 6) is -2.85. The standard InChI is InChI=1S/C38H39F2NO11S/c1-38(40)16-14-25(15-17-38)41-33(28(37(41)48)12-13-29(43)22-2-7-24(39)8-3-22)27-11-6-23(18-30(27)44)21-4-9-26(10-5-21)52-53(49,50)20-32-35(46)36(47)34(45)31(19-42)51-32/h2-11,14-16,18,28,31-36,42,44-47H,12-13,17,19-20H2,1H3/t28-,31-,32?,33-,34-,35+,36+,38?/m1/s1. The molecule has 12 nitrogen and oxygen atoms in total. The molecule has 53 heavy (non-hydrogen) atoms. The lowest BCUT2D eigenvalue weighted by Gasteiger charge is -2.49. The van der Waals surface area contributed by atoms with E-state index in [2.05, 4.69) is 0 Å². The Morgan fingerprint density at radius 3 is 2.26 bits per heavy atom. The van der Waals surface area contributed by atoms with Crippen LogP contribution in [0.4, 0.5) is 8.78 Å². The third-order valence-electron chi connectivity index (χ3n) is 9.77. The van der Waals surface area contributed by atoms with E-state index in [0.29, 0.717) is 28.0 Å². The fraction of sp³-hybridized carbons (Fsp3) is 0.368. The predicted octanol–water partition coefficient (Wildman–Crippen LogP) is 3.48. The van der Waals surface area contributed by atoms with Gasteiger partial charge in [0.25, 0.3) is 0 Å².